The summed E-state index contributed by atoms with van der Waals surface area (Å²) in [6.07, 6.45) is 0. The summed E-state index contributed by atoms with van der Waals surface area (Å²) in [5.74, 6) is 0.176. The quantitative estimate of drug-likeness (QED) is 0.484. The molecule has 2 amide bonds. The number of hydrogen-bond donors (Lipinski definition) is 2. The molecule has 1 aromatic heterocycles. The number of nitrogens with one attached hydrogen (secondary N) is 2. The lowest BCUT2D eigenvalue weighted by Gasteiger charge is -2.10. The fourth-order valence-electron chi connectivity index (χ4n) is 2.81. The zero-order valence-corrected chi connectivity index (χ0v) is 15.5. The highest BCUT2D eigenvalue weighted by molar-refractivity contribution is 6.00. The van der Waals surface area contributed by atoms with Crippen LogP contribution in [0.5, 0.6) is 0 Å². The number of hydrogen-bond acceptors (Lipinski definition) is 4. The van der Waals surface area contributed by atoms with Crippen LogP contribution in [0.25, 0.3) is 22.8 Å². The Morgan fingerprint density at radius 1 is 0.931 bits per heavy atom. The number of benzene rings is 3. The minimum absolute atomic E-state index is 0.218. The van der Waals surface area contributed by atoms with E-state index in [1.807, 2.05) is 31.2 Å². The van der Waals surface area contributed by atoms with E-state index in [0.717, 1.165) is 11.3 Å². The van der Waals surface area contributed by atoms with Crippen molar-refractivity contribution < 1.29 is 13.7 Å². The second kappa shape index (κ2) is 7.93. The number of aromatic nitrogens is 2. The number of urea groups is 1. The Kier molecular flexibility index (Phi) is 5.03. The first kappa shape index (κ1) is 18.4. The van der Waals surface area contributed by atoms with Crippen LogP contribution in [0.15, 0.2) is 77.3 Å². The summed E-state index contributed by atoms with van der Waals surface area (Å²) in [6, 6.07) is 20.2. The van der Waals surface area contributed by atoms with Crippen molar-refractivity contribution in [3.8, 4) is 22.8 Å². The van der Waals surface area contributed by atoms with Gasteiger partial charge in [0.2, 0.25) is 5.82 Å². The number of halogens is 1. The topological polar surface area (TPSA) is 80.0 Å². The fraction of sp³-hybridized carbons (Fsp3) is 0.0455. The Bertz CT molecular complexity index is 1170. The molecule has 0 unspecified atom stereocenters. The van der Waals surface area contributed by atoms with E-state index in [1.165, 1.54) is 12.1 Å². The first-order chi connectivity index (χ1) is 14.1. The normalized spacial score (nSPS) is 10.6. The van der Waals surface area contributed by atoms with E-state index in [-0.39, 0.29) is 17.7 Å². The van der Waals surface area contributed by atoms with Crippen molar-refractivity contribution in [2.75, 3.05) is 10.6 Å². The molecule has 0 atom stereocenters. The monoisotopic (exact) mass is 388 g/mol. The molecule has 0 aliphatic rings. The lowest BCUT2D eigenvalue weighted by Crippen LogP contribution is -2.19. The average Bonchev–Trinajstić information content (AvgIpc) is 3.20. The van der Waals surface area contributed by atoms with Crippen molar-refractivity contribution in [3.63, 3.8) is 0 Å². The van der Waals surface area contributed by atoms with Crippen LogP contribution in [0.2, 0.25) is 0 Å². The van der Waals surface area contributed by atoms with Crippen LogP contribution in [0.3, 0.4) is 0 Å². The molecular weight excluding hydrogens is 371 g/mol. The van der Waals surface area contributed by atoms with Gasteiger partial charge in [0.15, 0.2) is 0 Å². The van der Waals surface area contributed by atoms with Crippen molar-refractivity contribution in [2.45, 2.75) is 6.92 Å². The molecule has 6 nitrogen and oxygen atoms in total. The zero-order valence-electron chi connectivity index (χ0n) is 15.5. The standard InChI is InChI=1S/C22H17FN4O2/c1-14-6-2-3-11-19(14)25-22(28)24-18-10-5-7-15(13-18)20-26-21(29-27-20)16-8-4-9-17(23)12-16/h2-13H,1H3,(H2,24,25,28). The predicted molar refractivity (Wildman–Crippen MR) is 109 cm³/mol. The van der Waals surface area contributed by atoms with Gasteiger partial charge in [0.1, 0.15) is 5.82 Å². The largest absolute Gasteiger partial charge is 0.334 e. The number of carbonyl (C=O) groups is 1. The molecule has 1 heterocycles. The summed E-state index contributed by atoms with van der Waals surface area (Å²) in [5, 5.41) is 9.56. The van der Waals surface area contributed by atoms with Crippen LogP contribution in [-0.2, 0) is 0 Å². The minimum atomic E-state index is -0.381. The molecule has 144 valence electrons. The van der Waals surface area contributed by atoms with Crippen LogP contribution in [0.1, 0.15) is 5.56 Å². The average molecular weight is 388 g/mol. The molecule has 0 fully saturated rings. The van der Waals surface area contributed by atoms with Crippen LogP contribution < -0.4 is 10.6 Å². The van der Waals surface area contributed by atoms with E-state index in [0.29, 0.717) is 22.6 Å². The molecule has 0 spiro atoms. The van der Waals surface area contributed by atoms with Gasteiger partial charge in [-0.15, -0.1) is 0 Å². The van der Waals surface area contributed by atoms with E-state index in [4.69, 9.17) is 4.52 Å². The van der Waals surface area contributed by atoms with Crippen molar-refractivity contribution in [1.82, 2.24) is 10.1 Å². The number of anilines is 2. The Labute approximate surface area is 166 Å². The number of aryl methyl sites for hydroxylation is 1. The SMILES string of the molecule is Cc1ccccc1NC(=O)Nc1cccc(-c2noc(-c3cccc(F)c3)n2)c1. The van der Waals surface area contributed by atoms with Crippen molar-refractivity contribution in [1.29, 1.82) is 0 Å². The molecule has 29 heavy (non-hydrogen) atoms. The Balaban J connectivity index is 1.50. The van der Waals surface area contributed by atoms with Crippen LogP contribution in [0, 0.1) is 12.7 Å². The number of para-hydroxylation sites is 1. The molecular formula is C22H17FN4O2. The number of carbonyl (C=O) groups excluding carboxylic acids is 1. The molecule has 0 radical (unpaired) electrons. The Morgan fingerprint density at radius 2 is 1.72 bits per heavy atom. The number of amides is 2. The van der Waals surface area contributed by atoms with Crippen molar-refractivity contribution >= 4 is 17.4 Å². The predicted octanol–water partition coefficient (Wildman–Crippen LogP) is 5.50. The zero-order chi connectivity index (χ0) is 20.2. The van der Waals surface area contributed by atoms with E-state index in [9.17, 15) is 9.18 Å². The first-order valence-corrected chi connectivity index (χ1v) is 8.92. The van der Waals surface area contributed by atoms with Crippen LogP contribution in [-0.4, -0.2) is 16.2 Å². The second-order valence-electron chi connectivity index (χ2n) is 6.41. The fourth-order valence-corrected chi connectivity index (χ4v) is 2.81. The maximum Gasteiger partial charge on any atom is 0.323 e. The van der Waals surface area contributed by atoms with Gasteiger partial charge in [0, 0.05) is 22.5 Å². The van der Waals surface area contributed by atoms with E-state index >= 15 is 0 Å². The van der Waals surface area contributed by atoms with E-state index in [2.05, 4.69) is 20.8 Å². The molecule has 2 N–H and O–H groups in total. The minimum Gasteiger partial charge on any atom is -0.334 e. The second-order valence-corrected chi connectivity index (χ2v) is 6.41. The van der Waals surface area contributed by atoms with Gasteiger partial charge in [-0.2, -0.15) is 4.98 Å². The third kappa shape index (κ3) is 4.30. The van der Waals surface area contributed by atoms with Crippen molar-refractivity contribution in [3.05, 3.63) is 84.2 Å². The number of nitrogens with zero attached hydrogens (tertiary/aromatic N) is 2. The molecule has 0 saturated heterocycles. The lowest BCUT2D eigenvalue weighted by atomic mass is 10.2. The molecule has 4 rings (SSSR count). The van der Waals surface area contributed by atoms with Gasteiger partial charge in [0.25, 0.3) is 5.89 Å². The van der Waals surface area contributed by atoms with Gasteiger partial charge in [0.05, 0.1) is 0 Å². The first-order valence-electron chi connectivity index (χ1n) is 8.92. The molecule has 0 bridgehead atoms. The molecule has 7 heteroatoms. The molecule has 0 aliphatic heterocycles. The molecule has 0 aliphatic carbocycles. The maximum atomic E-state index is 13.4. The van der Waals surface area contributed by atoms with Gasteiger partial charge < -0.3 is 15.2 Å². The van der Waals surface area contributed by atoms with Gasteiger partial charge in [-0.3, -0.25) is 0 Å². The highest BCUT2D eigenvalue weighted by Gasteiger charge is 2.12. The maximum absolute atomic E-state index is 13.4. The summed E-state index contributed by atoms with van der Waals surface area (Å²) in [7, 11) is 0. The third-order valence-electron chi connectivity index (χ3n) is 4.27. The van der Waals surface area contributed by atoms with Crippen LogP contribution in [0.4, 0.5) is 20.6 Å². The summed E-state index contributed by atoms with van der Waals surface area (Å²) < 4.78 is 18.6. The summed E-state index contributed by atoms with van der Waals surface area (Å²) in [4.78, 5) is 16.6. The molecule has 3 aromatic carbocycles. The molecule has 4 aromatic rings. The van der Waals surface area contributed by atoms with Gasteiger partial charge in [-0.1, -0.05) is 41.6 Å². The summed E-state index contributed by atoms with van der Waals surface area (Å²) in [6.45, 7) is 1.92. The van der Waals surface area contributed by atoms with Gasteiger partial charge in [-0.05, 0) is 48.9 Å². The third-order valence-corrected chi connectivity index (χ3v) is 4.27. The Morgan fingerprint density at radius 3 is 2.55 bits per heavy atom. The van der Waals surface area contributed by atoms with E-state index in [1.54, 1.807) is 36.4 Å². The Hall–Kier alpha value is -4.00. The highest BCUT2D eigenvalue weighted by atomic mass is 19.1. The van der Waals surface area contributed by atoms with Gasteiger partial charge in [-0.25, -0.2) is 9.18 Å². The van der Waals surface area contributed by atoms with E-state index < -0.39 is 0 Å². The lowest BCUT2D eigenvalue weighted by molar-refractivity contribution is 0.262. The smallest absolute Gasteiger partial charge is 0.323 e. The summed E-state index contributed by atoms with van der Waals surface area (Å²) >= 11 is 0. The number of rotatable bonds is 4. The highest BCUT2D eigenvalue weighted by Crippen LogP contribution is 2.24. The van der Waals surface area contributed by atoms with Crippen LogP contribution >= 0.6 is 0 Å². The summed E-state index contributed by atoms with van der Waals surface area (Å²) in [5.41, 5.74) is 3.43. The van der Waals surface area contributed by atoms with Crippen molar-refractivity contribution in [2.24, 2.45) is 0 Å². The van der Waals surface area contributed by atoms with Gasteiger partial charge >= 0.3 is 6.03 Å². The molecule has 0 saturated carbocycles.